The molecule has 1 fully saturated rings. The summed E-state index contributed by atoms with van der Waals surface area (Å²) < 4.78 is 10.8. The average Bonchev–Trinajstić information content (AvgIpc) is 2.84. The summed E-state index contributed by atoms with van der Waals surface area (Å²) in [6.07, 6.45) is 10.1. The molecule has 2 unspecified atom stereocenters. The van der Waals surface area contributed by atoms with Crippen molar-refractivity contribution in [2.45, 2.75) is 12.8 Å². The highest BCUT2D eigenvalue weighted by molar-refractivity contribution is 5.16. The molecule has 2 nitrogen and oxygen atoms in total. The van der Waals surface area contributed by atoms with Crippen LogP contribution < -0.4 is 0 Å². The Morgan fingerprint density at radius 3 is 2.27 bits per heavy atom. The van der Waals surface area contributed by atoms with Gasteiger partial charge in [0.2, 0.25) is 0 Å². The number of allylic oxidation sites excluding steroid dienone is 2. The third kappa shape index (κ3) is 1.81. The van der Waals surface area contributed by atoms with Gasteiger partial charge in [0.25, 0.3) is 0 Å². The maximum Gasteiger partial charge on any atom is 0.0967 e. The second kappa shape index (κ2) is 4.13. The molecular weight excluding hydrogens is 188 g/mol. The van der Waals surface area contributed by atoms with Crippen LogP contribution in [-0.2, 0) is 9.47 Å². The standard InChI is InChI=1S/C13H18O2/c1-3-14-9-13(10-15-4-2)8-11-5-6-12(13)7-11/h3-6,11-12H,1-2,7-10H2. The molecule has 2 rings (SSSR count). The van der Waals surface area contributed by atoms with E-state index in [-0.39, 0.29) is 5.41 Å². The topological polar surface area (TPSA) is 18.5 Å². The zero-order valence-electron chi connectivity index (χ0n) is 9.02. The molecule has 0 aromatic rings. The number of rotatable bonds is 6. The van der Waals surface area contributed by atoms with Crippen molar-refractivity contribution in [3.05, 3.63) is 37.8 Å². The molecule has 0 saturated heterocycles. The van der Waals surface area contributed by atoms with Gasteiger partial charge in [-0.25, -0.2) is 0 Å². The lowest BCUT2D eigenvalue weighted by Gasteiger charge is -2.34. The first-order chi connectivity index (χ1) is 7.30. The highest BCUT2D eigenvalue weighted by Gasteiger charge is 2.49. The molecule has 2 bridgehead atoms. The normalized spacial score (nSPS) is 30.1. The fourth-order valence-corrected chi connectivity index (χ4v) is 2.88. The maximum atomic E-state index is 5.39. The van der Waals surface area contributed by atoms with Gasteiger partial charge in [0.15, 0.2) is 0 Å². The van der Waals surface area contributed by atoms with Crippen LogP contribution in [0.3, 0.4) is 0 Å². The van der Waals surface area contributed by atoms with E-state index in [4.69, 9.17) is 9.47 Å². The Hall–Kier alpha value is -1.18. The van der Waals surface area contributed by atoms with Crippen LogP contribution in [0.4, 0.5) is 0 Å². The van der Waals surface area contributed by atoms with E-state index in [9.17, 15) is 0 Å². The molecule has 2 atom stereocenters. The minimum atomic E-state index is 0.141. The monoisotopic (exact) mass is 206 g/mol. The van der Waals surface area contributed by atoms with Crippen molar-refractivity contribution in [3.63, 3.8) is 0 Å². The summed E-state index contributed by atoms with van der Waals surface area (Å²) in [7, 11) is 0. The van der Waals surface area contributed by atoms with Crippen LogP contribution >= 0.6 is 0 Å². The fraction of sp³-hybridized carbons (Fsp3) is 0.538. The first-order valence-electron chi connectivity index (χ1n) is 5.44. The van der Waals surface area contributed by atoms with Gasteiger partial charge in [0.05, 0.1) is 25.7 Å². The molecule has 0 aromatic carbocycles. The summed E-state index contributed by atoms with van der Waals surface area (Å²) in [6.45, 7) is 8.60. The molecule has 82 valence electrons. The third-order valence-corrected chi connectivity index (χ3v) is 3.60. The predicted octanol–water partition coefficient (Wildman–Crippen LogP) is 2.89. The van der Waals surface area contributed by atoms with Crippen LogP contribution in [0.25, 0.3) is 0 Å². The molecule has 2 heteroatoms. The Bertz CT molecular complexity index is 268. The quantitative estimate of drug-likeness (QED) is 0.491. The van der Waals surface area contributed by atoms with E-state index in [0.717, 1.165) is 12.3 Å². The summed E-state index contributed by atoms with van der Waals surface area (Å²) in [5.74, 6) is 1.32. The Balaban J connectivity index is 2.05. The van der Waals surface area contributed by atoms with Gasteiger partial charge >= 0.3 is 0 Å². The van der Waals surface area contributed by atoms with E-state index in [1.165, 1.54) is 18.9 Å². The van der Waals surface area contributed by atoms with Crippen LogP contribution in [0.15, 0.2) is 37.8 Å². The van der Waals surface area contributed by atoms with Crippen LogP contribution in [0.5, 0.6) is 0 Å². The molecule has 0 heterocycles. The zero-order valence-corrected chi connectivity index (χ0v) is 9.02. The van der Waals surface area contributed by atoms with Crippen LogP contribution in [-0.4, -0.2) is 13.2 Å². The molecule has 0 spiro atoms. The van der Waals surface area contributed by atoms with Crippen molar-refractivity contribution < 1.29 is 9.47 Å². The van der Waals surface area contributed by atoms with Crippen LogP contribution in [0.1, 0.15) is 12.8 Å². The maximum absolute atomic E-state index is 5.39. The first-order valence-corrected chi connectivity index (χ1v) is 5.44. The number of ether oxygens (including phenoxy) is 2. The van der Waals surface area contributed by atoms with Gasteiger partial charge in [-0.3, -0.25) is 0 Å². The Labute approximate surface area is 91.3 Å². The van der Waals surface area contributed by atoms with Gasteiger partial charge in [-0.2, -0.15) is 0 Å². The molecule has 2 aliphatic carbocycles. The molecule has 0 aliphatic heterocycles. The lowest BCUT2D eigenvalue weighted by atomic mass is 9.77. The van der Waals surface area contributed by atoms with Crippen molar-refractivity contribution in [2.75, 3.05) is 13.2 Å². The van der Waals surface area contributed by atoms with Crippen LogP contribution in [0, 0.1) is 17.3 Å². The minimum absolute atomic E-state index is 0.141. The highest BCUT2D eigenvalue weighted by Crippen LogP contribution is 2.52. The Morgan fingerprint density at radius 1 is 1.20 bits per heavy atom. The van der Waals surface area contributed by atoms with Crippen LogP contribution in [0.2, 0.25) is 0 Å². The SMILES string of the molecule is C=COCC1(COC=C)CC2C=CC1C2. The van der Waals surface area contributed by atoms with Crippen molar-refractivity contribution in [2.24, 2.45) is 17.3 Å². The van der Waals surface area contributed by atoms with Gasteiger partial charge in [0.1, 0.15) is 0 Å². The van der Waals surface area contributed by atoms with E-state index in [0.29, 0.717) is 19.1 Å². The molecule has 0 radical (unpaired) electrons. The van der Waals surface area contributed by atoms with Crippen molar-refractivity contribution >= 4 is 0 Å². The van der Waals surface area contributed by atoms with E-state index in [2.05, 4.69) is 25.3 Å². The summed E-state index contributed by atoms with van der Waals surface area (Å²) in [5.41, 5.74) is 0.141. The summed E-state index contributed by atoms with van der Waals surface area (Å²) >= 11 is 0. The summed E-state index contributed by atoms with van der Waals surface area (Å²) in [5, 5.41) is 0. The molecule has 0 amide bonds. The lowest BCUT2D eigenvalue weighted by Crippen LogP contribution is -2.35. The average molecular weight is 206 g/mol. The zero-order chi connectivity index (χ0) is 10.7. The summed E-state index contributed by atoms with van der Waals surface area (Å²) in [4.78, 5) is 0. The van der Waals surface area contributed by atoms with Crippen molar-refractivity contribution in [3.8, 4) is 0 Å². The predicted molar refractivity (Wildman–Crippen MR) is 60.1 cm³/mol. The lowest BCUT2D eigenvalue weighted by molar-refractivity contribution is 0.0194. The van der Waals surface area contributed by atoms with Gasteiger partial charge < -0.3 is 9.47 Å². The molecule has 1 saturated carbocycles. The molecule has 0 aromatic heterocycles. The second-order valence-corrected chi connectivity index (χ2v) is 4.51. The Kier molecular flexibility index (Phi) is 2.85. The number of hydrogen-bond donors (Lipinski definition) is 0. The van der Waals surface area contributed by atoms with E-state index >= 15 is 0 Å². The van der Waals surface area contributed by atoms with E-state index < -0.39 is 0 Å². The van der Waals surface area contributed by atoms with E-state index in [1.807, 2.05) is 0 Å². The van der Waals surface area contributed by atoms with Crippen molar-refractivity contribution in [1.82, 2.24) is 0 Å². The van der Waals surface area contributed by atoms with Gasteiger partial charge in [-0.05, 0) is 24.7 Å². The fourth-order valence-electron chi connectivity index (χ4n) is 2.88. The third-order valence-electron chi connectivity index (χ3n) is 3.60. The molecule has 2 aliphatic rings. The molecule has 0 N–H and O–H groups in total. The van der Waals surface area contributed by atoms with Crippen molar-refractivity contribution in [1.29, 1.82) is 0 Å². The minimum Gasteiger partial charge on any atom is -0.501 e. The van der Waals surface area contributed by atoms with Gasteiger partial charge in [-0.15, -0.1) is 0 Å². The molecule has 15 heavy (non-hydrogen) atoms. The van der Waals surface area contributed by atoms with Gasteiger partial charge in [-0.1, -0.05) is 25.3 Å². The smallest absolute Gasteiger partial charge is 0.0967 e. The summed E-state index contributed by atoms with van der Waals surface area (Å²) in [6, 6.07) is 0. The second-order valence-electron chi connectivity index (χ2n) is 4.51. The number of hydrogen-bond acceptors (Lipinski definition) is 2. The number of fused-ring (bicyclic) bond motifs is 2. The largest absolute Gasteiger partial charge is 0.501 e. The Morgan fingerprint density at radius 2 is 1.87 bits per heavy atom. The molecular formula is C13H18O2. The van der Waals surface area contributed by atoms with Gasteiger partial charge in [0, 0.05) is 5.41 Å². The highest BCUT2D eigenvalue weighted by atomic mass is 16.5. The van der Waals surface area contributed by atoms with E-state index in [1.54, 1.807) is 0 Å². The first kappa shape index (κ1) is 10.3.